The first kappa shape index (κ1) is 13.8. The van der Waals surface area contributed by atoms with Crippen LogP contribution in [0.3, 0.4) is 0 Å². The topological polar surface area (TPSA) is 66.3 Å². The minimum absolute atomic E-state index is 0.0812. The summed E-state index contributed by atoms with van der Waals surface area (Å²) in [4.78, 5) is 21.8. The molecule has 0 spiro atoms. The first-order valence-electron chi connectivity index (χ1n) is 6.83. The molecule has 1 aromatic heterocycles. The molecule has 1 aliphatic carbocycles. The monoisotopic (exact) mass is 263 g/mol. The number of carboxylic acid groups (broad SMARTS) is 1. The van der Waals surface area contributed by atoms with E-state index in [1.807, 2.05) is 6.92 Å². The quantitative estimate of drug-likeness (QED) is 0.854. The molecular formula is C14H21N3O2. The van der Waals surface area contributed by atoms with Crippen LogP contribution < -0.4 is 4.90 Å². The first-order valence-corrected chi connectivity index (χ1v) is 6.83. The zero-order chi connectivity index (χ0) is 14.0. The van der Waals surface area contributed by atoms with E-state index in [2.05, 4.69) is 28.7 Å². The molecule has 1 aliphatic rings. The Balaban J connectivity index is 2.23. The lowest BCUT2D eigenvalue weighted by molar-refractivity contribution is 0.0690. The second-order valence-electron chi connectivity index (χ2n) is 5.61. The predicted octanol–water partition coefficient (Wildman–Crippen LogP) is 2.50. The van der Waals surface area contributed by atoms with E-state index in [9.17, 15) is 4.79 Å². The number of rotatable bonds is 6. The molecule has 0 atom stereocenters. The van der Waals surface area contributed by atoms with E-state index in [-0.39, 0.29) is 5.69 Å². The van der Waals surface area contributed by atoms with E-state index in [1.165, 1.54) is 6.07 Å². The van der Waals surface area contributed by atoms with Gasteiger partial charge in [0.1, 0.15) is 0 Å². The van der Waals surface area contributed by atoms with Gasteiger partial charge in [0.2, 0.25) is 5.95 Å². The van der Waals surface area contributed by atoms with Crippen molar-refractivity contribution in [1.29, 1.82) is 0 Å². The maximum Gasteiger partial charge on any atom is 0.354 e. The highest BCUT2D eigenvalue weighted by molar-refractivity contribution is 5.85. The Kier molecular flexibility index (Phi) is 4.02. The molecule has 104 valence electrons. The summed E-state index contributed by atoms with van der Waals surface area (Å²) in [5.41, 5.74) is 0.787. The highest BCUT2D eigenvalue weighted by Gasteiger charge is 2.31. The van der Waals surface area contributed by atoms with Crippen LogP contribution in [0.2, 0.25) is 0 Å². The van der Waals surface area contributed by atoms with Crippen molar-refractivity contribution in [2.24, 2.45) is 5.92 Å². The number of anilines is 1. The Labute approximate surface area is 113 Å². The fraction of sp³-hybridized carbons (Fsp3) is 0.643. The van der Waals surface area contributed by atoms with Crippen LogP contribution in [0.1, 0.15) is 49.3 Å². The normalized spacial score (nSPS) is 14.7. The van der Waals surface area contributed by atoms with Crippen molar-refractivity contribution < 1.29 is 9.90 Å². The van der Waals surface area contributed by atoms with Gasteiger partial charge in [-0.15, -0.1) is 0 Å². The molecule has 1 heterocycles. The summed E-state index contributed by atoms with van der Waals surface area (Å²) in [5.74, 6) is 0.192. The van der Waals surface area contributed by atoms with Gasteiger partial charge in [0.15, 0.2) is 5.69 Å². The minimum atomic E-state index is -0.994. The smallest absolute Gasteiger partial charge is 0.354 e. The molecule has 0 saturated heterocycles. The Bertz CT molecular complexity index is 470. The third-order valence-corrected chi connectivity index (χ3v) is 3.25. The van der Waals surface area contributed by atoms with Gasteiger partial charge in [-0.05, 0) is 38.2 Å². The Morgan fingerprint density at radius 1 is 1.47 bits per heavy atom. The Morgan fingerprint density at radius 3 is 2.68 bits per heavy atom. The van der Waals surface area contributed by atoms with Crippen LogP contribution in [0.15, 0.2) is 6.07 Å². The molecule has 1 aromatic rings. The summed E-state index contributed by atoms with van der Waals surface area (Å²) in [6.45, 7) is 7.08. The van der Waals surface area contributed by atoms with Crippen LogP contribution in [-0.2, 0) is 0 Å². The zero-order valence-corrected chi connectivity index (χ0v) is 11.8. The summed E-state index contributed by atoms with van der Waals surface area (Å²) in [6, 6.07) is 2.00. The van der Waals surface area contributed by atoms with Crippen LogP contribution in [0.5, 0.6) is 0 Å². The van der Waals surface area contributed by atoms with E-state index < -0.39 is 5.97 Å². The summed E-state index contributed by atoms with van der Waals surface area (Å²) in [5, 5.41) is 9.08. The predicted molar refractivity (Wildman–Crippen MR) is 73.6 cm³/mol. The third kappa shape index (κ3) is 3.66. The molecular weight excluding hydrogens is 242 g/mol. The molecule has 0 bridgehead atoms. The highest BCUT2D eigenvalue weighted by Crippen LogP contribution is 2.30. The van der Waals surface area contributed by atoms with Gasteiger partial charge in [-0.1, -0.05) is 13.8 Å². The molecule has 0 radical (unpaired) electrons. The van der Waals surface area contributed by atoms with E-state index in [4.69, 9.17) is 5.11 Å². The lowest BCUT2D eigenvalue weighted by Gasteiger charge is -2.23. The molecule has 5 heteroatoms. The fourth-order valence-electron chi connectivity index (χ4n) is 2.02. The van der Waals surface area contributed by atoms with Crippen molar-refractivity contribution in [3.63, 3.8) is 0 Å². The number of carboxylic acids is 1. The van der Waals surface area contributed by atoms with Crippen molar-refractivity contribution in [2.75, 3.05) is 11.4 Å². The van der Waals surface area contributed by atoms with Gasteiger partial charge in [0.05, 0.1) is 0 Å². The lowest BCUT2D eigenvalue weighted by atomic mass is 10.1. The second kappa shape index (κ2) is 5.55. The molecule has 1 fully saturated rings. The van der Waals surface area contributed by atoms with E-state index in [1.54, 1.807) is 0 Å². The van der Waals surface area contributed by atoms with Crippen molar-refractivity contribution in [3.8, 4) is 0 Å². The number of nitrogens with zero attached hydrogens (tertiary/aromatic N) is 3. The standard InChI is InChI=1S/C14H21N3O2/c1-9(2)6-7-17(11-4-5-11)14-15-10(3)8-12(16-14)13(18)19/h8-9,11H,4-7H2,1-3H3,(H,18,19). The van der Waals surface area contributed by atoms with E-state index >= 15 is 0 Å². The van der Waals surface area contributed by atoms with Crippen LogP contribution >= 0.6 is 0 Å². The molecule has 19 heavy (non-hydrogen) atoms. The number of hydrogen-bond acceptors (Lipinski definition) is 4. The minimum Gasteiger partial charge on any atom is -0.477 e. The van der Waals surface area contributed by atoms with Crippen molar-refractivity contribution in [3.05, 3.63) is 17.5 Å². The van der Waals surface area contributed by atoms with Crippen molar-refractivity contribution in [1.82, 2.24) is 9.97 Å². The van der Waals surface area contributed by atoms with Gasteiger partial charge in [0, 0.05) is 18.3 Å². The van der Waals surface area contributed by atoms with Crippen LogP contribution in [-0.4, -0.2) is 33.6 Å². The van der Waals surface area contributed by atoms with Crippen LogP contribution in [0, 0.1) is 12.8 Å². The number of aryl methyl sites for hydroxylation is 1. The lowest BCUT2D eigenvalue weighted by Crippen LogP contribution is -2.30. The number of carbonyl (C=O) groups is 1. The zero-order valence-electron chi connectivity index (χ0n) is 11.8. The maximum atomic E-state index is 11.1. The number of aromatic carboxylic acids is 1. The second-order valence-corrected chi connectivity index (χ2v) is 5.61. The summed E-state index contributed by atoms with van der Waals surface area (Å²) in [6.07, 6.45) is 3.37. The molecule has 5 nitrogen and oxygen atoms in total. The molecule has 1 N–H and O–H groups in total. The van der Waals surface area contributed by atoms with E-state index in [0.717, 1.165) is 25.8 Å². The fourth-order valence-corrected chi connectivity index (χ4v) is 2.02. The third-order valence-electron chi connectivity index (χ3n) is 3.25. The molecule has 1 saturated carbocycles. The molecule has 0 aromatic carbocycles. The number of hydrogen-bond donors (Lipinski definition) is 1. The van der Waals surface area contributed by atoms with Gasteiger partial charge in [0.25, 0.3) is 0 Å². The summed E-state index contributed by atoms with van der Waals surface area (Å²) in [7, 11) is 0. The Morgan fingerprint density at radius 2 is 2.16 bits per heavy atom. The molecule has 0 unspecified atom stereocenters. The molecule has 2 rings (SSSR count). The van der Waals surface area contributed by atoms with E-state index in [0.29, 0.717) is 23.6 Å². The summed E-state index contributed by atoms with van der Waals surface area (Å²) >= 11 is 0. The average molecular weight is 263 g/mol. The van der Waals surface area contributed by atoms with Gasteiger partial charge in [-0.2, -0.15) is 0 Å². The average Bonchev–Trinajstić information content (AvgIpc) is 3.12. The van der Waals surface area contributed by atoms with Gasteiger partial charge < -0.3 is 10.0 Å². The largest absolute Gasteiger partial charge is 0.477 e. The van der Waals surface area contributed by atoms with Crippen molar-refractivity contribution in [2.45, 2.75) is 46.1 Å². The molecule has 0 amide bonds. The van der Waals surface area contributed by atoms with Gasteiger partial charge in [-0.25, -0.2) is 14.8 Å². The molecule has 0 aliphatic heterocycles. The summed E-state index contributed by atoms with van der Waals surface area (Å²) < 4.78 is 0. The number of aromatic nitrogens is 2. The highest BCUT2D eigenvalue weighted by atomic mass is 16.4. The first-order chi connectivity index (χ1) is 8.97. The van der Waals surface area contributed by atoms with Gasteiger partial charge in [-0.3, -0.25) is 0 Å². The SMILES string of the molecule is Cc1cc(C(=O)O)nc(N(CCC(C)C)C2CC2)n1. The van der Waals surface area contributed by atoms with Crippen LogP contribution in [0.25, 0.3) is 0 Å². The van der Waals surface area contributed by atoms with Crippen molar-refractivity contribution >= 4 is 11.9 Å². The van der Waals surface area contributed by atoms with Crippen LogP contribution in [0.4, 0.5) is 5.95 Å². The Hall–Kier alpha value is -1.65. The maximum absolute atomic E-state index is 11.1. The van der Waals surface area contributed by atoms with Gasteiger partial charge >= 0.3 is 5.97 Å².